The van der Waals surface area contributed by atoms with E-state index in [-0.39, 0.29) is 42.2 Å². The Balaban J connectivity index is 2.22. The van der Waals surface area contributed by atoms with E-state index in [2.05, 4.69) is 0 Å². The van der Waals surface area contributed by atoms with Gasteiger partial charge in [0.05, 0.1) is 12.2 Å². The average molecular weight is 265 g/mol. The molecule has 19 heavy (non-hydrogen) atoms. The van der Waals surface area contributed by atoms with Crippen molar-refractivity contribution in [2.24, 2.45) is 0 Å². The lowest BCUT2D eigenvalue weighted by molar-refractivity contribution is 0.0635. The van der Waals surface area contributed by atoms with E-state index in [1.807, 2.05) is 0 Å². The summed E-state index contributed by atoms with van der Waals surface area (Å²) in [5.41, 5.74) is 0.165. The second-order valence-electron chi connectivity index (χ2n) is 4.86. The van der Waals surface area contributed by atoms with E-state index >= 15 is 0 Å². The number of phenolic OH excluding ortho intramolecular Hbond substituents is 2. The molecule has 3 N–H and O–H groups in total. The topological polar surface area (TPSA) is 81.0 Å². The average Bonchev–Trinajstić information content (AvgIpc) is 2.89. The third kappa shape index (κ3) is 2.98. The van der Waals surface area contributed by atoms with Gasteiger partial charge in [0.15, 0.2) is 0 Å². The molecule has 1 saturated carbocycles. The molecule has 0 atom stereocenters. The Bertz CT molecular complexity index is 455. The van der Waals surface area contributed by atoms with E-state index in [4.69, 9.17) is 5.11 Å². The number of aromatic hydroxyl groups is 2. The molecule has 1 aliphatic rings. The maximum Gasteiger partial charge on any atom is 0.257 e. The van der Waals surface area contributed by atoms with Gasteiger partial charge in [0.2, 0.25) is 0 Å². The summed E-state index contributed by atoms with van der Waals surface area (Å²) in [4.78, 5) is 14.1. The van der Waals surface area contributed by atoms with Crippen LogP contribution in [0.5, 0.6) is 11.5 Å². The molecular weight excluding hydrogens is 246 g/mol. The van der Waals surface area contributed by atoms with Crippen molar-refractivity contribution in [2.75, 3.05) is 13.2 Å². The number of hydrogen-bond acceptors (Lipinski definition) is 4. The largest absolute Gasteiger partial charge is 0.508 e. The Morgan fingerprint density at radius 1 is 1.26 bits per heavy atom. The SMILES string of the molecule is O=C(c1ccc(O)cc1O)N(CCO)C1CCCC1. The maximum absolute atomic E-state index is 12.4. The minimum atomic E-state index is -0.293. The molecule has 5 nitrogen and oxygen atoms in total. The van der Waals surface area contributed by atoms with Gasteiger partial charge in [0.25, 0.3) is 5.91 Å². The minimum Gasteiger partial charge on any atom is -0.508 e. The van der Waals surface area contributed by atoms with Crippen LogP contribution in [-0.4, -0.2) is 45.3 Å². The molecule has 0 saturated heterocycles. The third-order valence-corrected chi connectivity index (χ3v) is 3.58. The fourth-order valence-electron chi connectivity index (χ4n) is 2.63. The summed E-state index contributed by atoms with van der Waals surface area (Å²) >= 11 is 0. The van der Waals surface area contributed by atoms with E-state index in [0.717, 1.165) is 31.7 Å². The molecule has 2 rings (SSSR count). The predicted molar refractivity (Wildman–Crippen MR) is 70.1 cm³/mol. The molecule has 0 unspecified atom stereocenters. The van der Waals surface area contributed by atoms with Gasteiger partial charge in [-0.05, 0) is 25.0 Å². The van der Waals surface area contributed by atoms with E-state index < -0.39 is 0 Å². The predicted octanol–water partition coefficient (Wildman–Crippen LogP) is 1.47. The molecular formula is C14H19NO4. The van der Waals surface area contributed by atoms with Gasteiger partial charge < -0.3 is 20.2 Å². The Morgan fingerprint density at radius 3 is 2.53 bits per heavy atom. The van der Waals surface area contributed by atoms with E-state index in [1.54, 1.807) is 4.90 Å². The second kappa shape index (κ2) is 5.93. The number of rotatable bonds is 4. The third-order valence-electron chi connectivity index (χ3n) is 3.58. The van der Waals surface area contributed by atoms with Crippen molar-refractivity contribution in [1.29, 1.82) is 0 Å². The van der Waals surface area contributed by atoms with Gasteiger partial charge in [-0.2, -0.15) is 0 Å². The highest BCUT2D eigenvalue weighted by molar-refractivity contribution is 5.97. The van der Waals surface area contributed by atoms with Gasteiger partial charge in [-0.1, -0.05) is 12.8 Å². The van der Waals surface area contributed by atoms with Crippen LogP contribution in [0.2, 0.25) is 0 Å². The lowest BCUT2D eigenvalue weighted by Crippen LogP contribution is -2.40. The van der Waals surface area contributed by atoms with Crippen molar-refractivity contribution in [3.63, 3.8) is 0 Å². The van der Waals surface area contributed by atoms with Crippen LogP contribution in [0.3, 0.4) is 0 Å². The standard InChI is InChI=1S/C14H19NO4/c16-8-7-15(10-3-1-2-4-10)14(19)12-6-5-11(17)9-13(12)18/h5-6,9-10,16-18H,1-4,7-8H2. The fourth-order valence-corrected chi connectivity index (χ4v) is 2.63. The molecule has 1 aliphatic carbocycles. The van der Waals surface area contributed by atoms with Crippen LogP contribution in [0.1, 0.15) is 36.0 Å². The van der Waals surface area contributed by atoms with Crippen LogP contribution in [0, 0.1) is 0 Å². The summed E-state index contributed by atoms with van der Waals surface area (Å²) in [6, 6.07) is 4.07. The molecule has 1 aromatic carbocycles. The maximum atomic E-state index is 12.4. The van der Waals surface area contributed by atoms with Crippen LogP contribution in [0.4, 0.5) is 0 Å². The number of nitrogens with zero attached hydrogens (tertiary/aromatic N) is 1. The normalized spacial score (nSPS) is 15.6. The number of benzene rings is 1. The Morgan fingerprint density at radius 2 is 1.95 bits per heavy atom. The Hall–Kier alpha value is -1.75. The number of phenols is 2. The quantitative estimate of drug-likeness (QED) is 0.770. The number of aliphatic hydroxyl groups is 1. The highest BCUT2D eigenvalue weighted by Crippen LogP contribution is 2.28. The van der Waals surface area contributed by atoms with E-state index in [0.29, 0.717) is 0 Å². The zero-order valence-electron chi connectivity index (χ0n) is 10.7. The van der Waals surface area contributed by atoms with Gasteiger partial charge in [0.1, 0.15) is 11.5 Å². The second-order valence-corrected chi connectivity index (χ2v) is 4.86. The number of carbonyl (C=O) groups is 1. The van der Waals surface area contributed by atoms with Crippen molar-refractivity contribution in [3.05, 3.63) is 23.8 Å². The molecule has 1 amide bonds. The van der Waals surface area contributed by atoms with Gasteiger partial charge in [-0.15, -0.1) is 0 Å². The highest BCUT2D eigenvalue weighted by Gasteiger charge is 2.28. The summed E-state index contributed by atoms with van der Waals surface area (Å²) < 4.78 is 0. The first-order valence-electron chi connectivity index (χ1n) is 6.57. The summed E-state index contributed by atoms with van der Waals surface area (Å²) in [5.74, 6) is -0.604. The van der Waals surface area contributed by atoms with Crippen molar-refractivity contribution in [2.45, 2.75) is 31.7 Å². The first kappa shape index (κ1) is 13.7. The van der Waals surface area contributed by atoms with Crippen LogP contribution in [0.25, 0.3) is 0 Å². The Labute approximate surface area is 112 Å². The molecule has 0 bridgehead atoms. The molecule has 0 heterocycles. The zero-order valence-corrected chi connectivity index (χ0v) is 10.7. The lowest BCUT2D eigenvalue weighted by atomic mass is 10.1. The summed E-state index contributed by atoms with van der Waals surface area (Å²) in [6.07, 6.45) is 4.04. The molecule has 104 valence electrons. The van der Waals surface area contributed by atoms with Crippen molar-refractivity contribution < 1.29 is 20.1 Å². The van der Waals surface area contributed by atoms with Crippen LogP contribution in [-0.2, 0) is 0 Å². The van der Waals surface area contributed by atoms with Crippen LogP contribution in [0.15, 0.2) is 18.2 Å². The Kier molecular flexibility index (Phi) is 4.27. The number of carbonyl (C=O) groups excluding carboxylic acids is 1. The fraction of sp³-hybridized carbons (Fsp3) is 0.500. The molecule has 0 aromatic heterocycles. The van der Waals surface area contributed by atoms with E-state index in [1.165, 1.54) is 12.1 Å². The zero-order chi connectivity index (χ0) is 13.8. The van der Waals surface area contributed by atoms with E-state index in [9.17, 15) is 15.0 Å². The van der Waals surface area contributed by atoms with Crippen LogP contribution >= 0.6 is 0 Å². The minimum absolute atomic E-state index is 0.0800. The molecule has 1 fully saturated rings. The van der Waals surface area contributed by atoms with Gasteiger partial charge in [0, 0.05) is 18.7 Å². The molecule has 0 spiro atoms. The van der Waals surface area contributed by atoms with Crippen molar-refractivity contribution in [3.8, 4) is 11.5 Å². The highest BCUT2D eigenvalue weighted by atomic mass is 16.3. The monoisotopic (exact) mass is 265 g/mol. The smallest absolute Gasteiger partial charge is 0.257 e. The first-order chi connectivity index (χ1) is 9.13. The summed E-state index contributed by atoms with van der Waals surface area (Å²) in [5, 5.41) is 28.1. The lowest BCUT2D eigenvalue weighted by Gasteiger charge is -2.28. The van der Waals surface area contributed by atoms with Gasteiger partial charge in [-0.25, -0.2) is 0 Å². The summed E-state index contributed by atoms with van der Waals surface area (Å²) in [7, 11) is 0. The number of amides is 1. The van der Waals surface area contributed by atoms with Gasteiger partial charge >= 0.3 is 0 Å². The summed E-state index contributed by atoms with van der Waals surface area (Å²) in [6.45, 7) is 0.172. The van der Waals surface area contributed by atoms with Crippen molar-refractivity contribution >= 4 is 5.91 Å². The van der Waals surface area contributed by atoms with Crippen LogP contribution < -0.4 is 0 Å². The molecule has 1 aromatic rings. The van der Waals surface area contributed by atoms with Gasteiger partial charge in [-0.3, -0.25) is 4.79 Å². The van der Waals surface area contributed by atoms with Crippen molar-refractivity contribution in [1.82, 2.24) is 4.90 Å². The molecule has 0 aliphatic heterocycles. The number of aliphatic hydroxyl groups excluding tert-OH is 1. The molecule has 0 radical (unpaired) electrons. The first-order valence-corrected chi connectivity index (χ1v) is 6.57. The molecule has 5 heteroatoms. The number of hydrogen-bond donors (Lipinski definition) is 3.